The van der Waals surface area contributed by atoms with E-state index in [1.54, 1.807) is 4.52 Å². The van der Waals surface area contributed by atoms with Crippen LogP contribution in [0.15, 0.2) is 24.7 Å². The number of aromatic nitrogens is 3. The molecule has 0 atom stereocenters. The lowest BCUT2D eigenvalue weighted by Gasteiger charge is -2.23. The fraction of sp³-hybridized carbons (Fsp3) is 0.455. The van der Waals surface area contributed by atoms with Crippen LogP contribution in [0.5, 0.6) is 0 Å². The summed E-state index contributed by atoms with van der Waals surface area (Å²) in [6.45, 7) is 0. The Labute approximate surface area is 105 Å². The molecule has 1 fully saturated rings. The number of sulfone groups is 1. The minimum Gasteiger partial charge on any atom is -0.365 e. The highest BCUT2D eigenvalue weighted by Gasteiger charge is 2.24. The molecule has 0 saturated carbocycles. The zero-order valence-corrected chi connectivity index (χ0v) is 10.6. The number of fused-ring (bicyclic) bond motifs is 1. The Hall–Kier alpha value is -1.63. The molecular formula is C11H14N4O2S. The average molecular weight is 266 g/mol. The van der Waals surface area contributed by atoms with E-state index in [4.69, 9.17) is 0 Å². The second kappa shape index (κ2) is 4.24. The molecule has 0 radical (unpaired) electrons. The number of anilines is 1. The molecule has 2 aromatic rings. The highest BCUT2D eigenvalue weighted by molar-refractivity contribution is 7.91. The topological polar surface area (TPSA) is 76.4 Å². The quantitative estimate of drug-likeness (QED) is 0.866. The Morgan fingerprint density at radius 2 is 2.11 bits per heavy atom. The zero-order valence-electron chi connectivity index (χ0n) is 9.78. The Morgan fingerprint density at radius 3 is 2.89 bits per heavy atom. The molecule has 7 heteroatoms. The number of rotatable bonds is 2. The lowest BCUT2D eigenvalue weighted by Crippen LogP contribution is -2.32. The Bertz CT molecular complexity index is 650. The molecule has 1 aliphatic heterocycles. The van der Waals surface area contributed by atoms with Gasteiger partial charge in [-0.05, 0) is 25.0 Å². The maximum atomic E-state index is 11.4. The van der Waals surface area contributed by atoms with Crippen molar-refractivity contribution in [3.63, 3.8) is 0 Å². The third kappa shape index (κ3) is 2.17. The number of nitrogens with zero attached hydrogens (tertiary/aromatic N) is 3. The maximum Gasteiger partial charge on any atom is 0.154 e. The first-order valence-corrected chi connectivity index (χ1v) is 7.71. The summed E-state index contributed by atoms with van der Waals surface area (Å²) in [5, 5.41) is 7.40. The van der Waals surface area contributed by atoms with Crippen LogP contribution >= 0.6 is 0 Å². The summed E-state index contributed by atoms with van der Waals surface area (Å²) in [6.07, 6.45) is 4.63. The first kappa shape index (κ1) is 11.5. The van der Waals surface area contributed by atoms with Crippen LogP contribution in [0.4, 0.5) is 5.82 Å². The van der Waals surface area contributed by atoms with Crippen molar-refractivity contribution in [2.75, 3.05) is 16.8 Å². The van der Waals surface area contributed by atoms with Gasteiger partial charge in [-0.1, -0.05) is 0 Å². The molecular weight excluding hydrogens is 252 g/mol. The van der Waals surface area contributed by atoms with Crippen molar-refractivity contribution in [1.82, 2.24) is 14.6 Å². The molecule has 0 amide bonds. The van der Waals surface area contributed by atoms with Gasteiger partial charge in [-0.2, -0.15) is 5.10 Å². The second-order valence-corrected chi connectivity index (χ2v) is 6.82. The van der Waals surface area contributed by atoms with Crippen LogP contribution in [0, 0.1) is 0 Å². The molecule has 0 bridgehead atoms. The molecule has 96 valence electrons. The molecule has 3 rings (SSSR count). The van der Waals surface area contributed by atoms with Crippen molar-refractivity contribution in [3.05, 3.63) is 24.7 Å². The van der Waals surface area contributed by atoms with Gasteiger partial charge >= 0.3 is 0 Å². The summed E-state index contributed by atoms with van der Waals surface area (Å²) >= 11 is 0. The van der Waals surface area contributed by atoms with Crippen molar-refractivity contribution in [2.45, 2.75) is 18.9 Å². The van der Waals surface area contributed by atoms with Crippen LogP contribution in [-0.4, -0.2) is 40.6 Å². The zero-order chi connectivity index (χ0) is 12.6. The van der Waals surface area contributed by atoms with E-state index in [1.807, 2.05) is 18.3 Å². The Kier molecular flexibility index (Phi) is 2.70. The van der Waals surface area contributed by atoms with Crippen LogP contribution in [0.25, 0.3) is 5.52 Å². The predicted molar refractivity (Wildman–Crippen MR) is 68.3 cm³/mol. The summed E-state index contributed by atoms with van der Waals surface area (Å²) in [7, 11) is -2.82. The molecule has 6 nitrogen and oxygen atoms in total. The fourth-order valence-electron chi connectivity index (χ4n) is 2.20. The maximum absolute atomic E-state index is 11.4. The van der Waals surface area contributed by atoms with Gasteiger partial charge in [0.2, 0.25) is 0 Å². The molecule has 1 aliphatic rings. The van der Waals surface area contributed by atoms with Crippen molar-refractivity contribution >= 4 is 21.2 Å². The summed E-state index contributed by atoms with van der Waals surface area (Å²) in [6, 6.07) is 4.00. The molecule has 1 saturated heterocycles. The minimum atomic E-state index is -2.82. The van der Waals surface area contributed by atoms with Gasteiger partial charge in [0.25, 0.3) is 0 Å². The number of hydrogen-bond acceptors (Lipinski definition) is 5. The van der Waals surface area contributed by atoms with Crippen LogP contribution in [-0.2, 0) is 9.84 Å². The standard InChI is InChI=1S/C11H14N4O2S/c16-18(17)6-3-9(4-7-18)14-11-10-2-1-5-15(10)13-8-12-11/h1-2,5,8-9H,3-4,6-7H2,(H,12,13,14). The van der Waals surface area contributed by atoms with E-state index in [2.05, 4.69) is 15.4 Å². The summed E-state index contributed by atoms with van der Waals surface area (Å²) in [5.74, 6) is 1.28. The van der Waals surface area contributed by atoms with Crippen molar-refractivity contribution in [2.24, 2.45) is 0 Å². The third-order valence-electron chi connectivity index (χ3n) is 3.23. The second-order valence-electron chi connectivity index (χ2n) is 4.52. The van der Waals surface area contributed by atoms with Crippen LogP contribution < -0.4 is 5.32 Å². The van der Waals surface area contributed by atoms with Crippen LogP contribution in [0.1, 0.15) is 12.8 Å². The van der Waals surface area contributed by atoms with Gasteiger partial charge in [0, 0.05) is 12.2 Å². The first-order chi connectivity index (χ1) is 8.64. The van der Waals surface area contributed by atoms with Crippen LogP contribution in [0.2, 0.25) is 0 Å². The van der Waals surface area contributed by atoms with Crippen molar-refractivity contribution < 1.29 is 8.42 Å². The number of hydrogen-bond donors (Lipinski definition) is 1. The lowest BCUT2D eigenvalue weighted by atomic mass is 10.1. The van der Waals surface area contributed by atoms with E-state index in [0.29, 0.717) is 12.8 Å². The van der Waals surface area contributed by atoms with Gasteiger partial charge in [-0.25, -0.2) is 17.9 Å². The fourth-order valence-corrected chi connectivity index (χ4v) is 3.70. The lowest BCUT2D eigenvalue weighted by molar-refractivity contribution is 0.559. The van der Waals surface area contributed by atoms with E-state index >= 15 is 0 Å². The molecule has 3 heterocycles. The van der Waals surface area contributed by atoms with E-state index < -0.39 is 9.84 Å². The normalized spacial score (nSPS) is 20.0. The van der Waals surface area contributed by atoms with E-state index in [0.717, 1.165) is 11.3 Å². The van der Waals surface area contributed by atoms with Gasteiger partial charge in [-0.15, -0.1) is 0 Å². The number of nitrogens with one attached hydrogen (secondary N) is 1. The average Bonchev–Trinajstić information content (AvgIpc) is 2.81. The van der Waals surface area contributed by atoms with E-state index in [1.165, 1.54) is 6.33 Å². The Balaban J connectivity index is 1.79. The highest BCUT2D eigenvalue weighted by atomic mass is 32.2. The molecule has 0 unspecified atom stereocenters. The molecule has 2 aromatic heterocycles. The smallest absolute Gasteiger partial charge is 0.154 e. The molecule has 0 aliphatic carbocycles. The summed E-state index contributed by atoms with van der Waals surface area (Å²) in [4.78, 5) is 4.22. The van der Waals surface area contributed by atoms with Crippen molar-refractivity contribution in [1.29, 1.82) is 0 Å². The van der Waals surface area contributed by atoms with Gasteiger partial charge < -0.3 is 5.32 Å². The van der Waals surface area contributed by atoms with Gasteiger partial charge in [0.15, 0.2) is 5.82 Å². The van der Waals surface area contributed by atoms with Crippen molar-refractivity contribution in [3.8, 4) is 0 Å². The molecule has 0 spiro atoms. The Morgan fingerprint density at radius 1 is 1.33 bits per heavy atom. The predicted octanol–water partition coefficient (Wildman–Crippen LogP) is 0.718. The molecule has 0 aromatic carbocycles. The van der Waals surface area contributed by atoms with Gasteiger partial charge in [-0.3, -0.25) is 0 Å². The largest absolute Gasteiger partial charge is 0.365 e. The molecule has 1 N–H and O–H groups in total. The third-order valence-corrected chi connectivity index (χ3v) is 4.94. The minimum absolute atomic E-state index is 0.169. The SMILES string of the molecule is O=S1(=O)CCC(Nc2ncnn3cccc23)CC1. The van der Waals surface area contributed by atoms with Gasteiger partial charge in [0.05, 0.1) is 11.5 Å². The van der Waals surface area contributed by atoms with Gasteiger partial charge in [0.1, 0.15) is 21.7 Å². The summed E-state index contributed by atoms with van der Waals surface area (Å²) in [5.41, 5.74) is 0.908. The first-order valence-electron chi connectivity index (χ1n) is 5.89. The highest BCUT2D eigenvalue weighted by Crippen LogP contribution is 2.19. The van der Waals surface area contributed by atoms with E-state index in [9.17, 15) is 8.42 Å². The summed E-state index contributed by atoms with van der Waals surface area (Å²) < 4.78 is 24.5. The molecule has 18 heavy (non-hydrogen) atoms. The van der Waals surface area contributed by atoms with E-state index in [-0.39, 0.29) is 17.5 Å². The monoisotopic (exact) mass is 266 g/mol. The van der Waals surface area contributed by atoms with Crippen LogP contribution in [0.3, 0.4) is 0 Å².